The Hall–Kier alpha value is -2.28. The van der Waals surface area contributed by atoms with Crippen molar-refractivity contribution in [1.82, 2.24) is 10.3 Å². The zero-order valence-electron chi connectivity index (χ0n) is 14.9. The number of benzene rings is 1. The molecule has 1 heterocycles. The third-order valence-corrected chi connectivity index (χ3v) is 4.29. The van der Waals surface area contributed by atoms with Gasteiger partial charge < -0.3 is 20.5 Å². The lowest BCUT2D eigenvalue weighted by Crippen LogP contribution is -2.37. The molecule has 0 amide bonds. The quantitative estimate of drug-likeness (QED) is 0.527. The zero-order chi connectivity index (χ0) is 17.5. The number of hydrogen-bond acceptors (Lipinski definition) is 4. The predicted molar refractivity (Wildman–Crippen MR) is 108 cm³/mol. The molecule has 0 bridgehead atoms. The van der Waals surface area contributed by atoms with Gasteiger partial charge >= 0.3 is 0 Å². The van der Waals surface area contributed by atoms with E-state index in [2.05, 4.69) is 15.3 Å². The second-order valence-corrected chi connectivity index (χ2v) is 6.17. The fraction of sp³-hybridized carbons (Fsp3) is 0.368. The topological polar surface area (TPSA) is 81.8 Å². The van der Waals surface area contributed by atoms with Gasteiger partial charge in [0.15, 0.2) is 5.96 Å². The normalized spacial score (nSPS) is 14.1. The molecule has 0 unspecified atom stereocenters. The van der Waals surface area contributed by atoms with Crippen molar-refractivity contribution in [2.45, 2.75) is 25.8 Å². The third-order valence-electron chi connectivity index (χ3n) is 4.29. The van der Waals surface area contributed by atoms with Gasteiger partial charge in [0.05, 0.1) is 13.7 Å². The maximum atomic E-state index is 5.89. The fourth-order valence-electron chi connectivity index (χ4n) is 2.53. The molecule has 6 nitrogen and oxygen atoms in total. The predicted octanol–water partition coefficient (Wildman–Crippen LogP) is 3.66. The third kappa shape index (κ3) is 5.91. The van der Waals surface area contributed by atoms with Crippen molar-refractivity contribution in [1.29, 1.82) is 0 Å². The van der Waals surface area contributed by atoms with Crippen LogP contribution in [0.2, 0.25) is 0 Å². The summed E-state index contributed by atoms with van der Waals surface area (Å²) in [6, 6.07) is 11.2. The molecule has 1 aromatic carbocycles. The number of hydrogen-bond donors (Lipinski definition) is 2. The van der Waals surface area contributed by atoms with E-state index in [-0.39, 0.29) is 17.0 Å². The first kappa shape index (κ1) is 20.0. The lowest BCUT2D eigenvalue weighted by molar-refractivity contribution is 0.315. The highest BCUT2D eigenvalue weighted by Gasteiger charge is 2.16. The Morgan fingerprint density at radius 1 is 1.27 bits per heavy atom. The van der Waals surface area contributed by atoms with Crippen LogP contribution >= 0.6 is 17.0 Å². The van der Waals surface area contributed by atoms with Gasteiger partial charge in [-0.3, -0.25) is 0 Å². The summed E-state index contributed by atoms with van der Waals surface area (Å²) in [5.41, 5.74) is 6.87. The van der Waals surface area contributed by atoms with Crippen molar-refractivity contribution in [3.05, 3.63) is 48.2 Å². The van der Waals surface area contributed by atoms with Crippen LogP contribution in [0.5, 0.6) is 17.4 Å². The summed E-state index contributed by atoms with van der Waals surface area (Å²) >= 11 is 0. The maximum absolute atomic E-state index is 5.89. The van der Waals surface area contributed by atoms with Crippen LogP contribution in [0.15, 0.2) is 47.6 Å². The molecule has 0 aliphatic heterocycles. The number of halogens is 1. The van der Waals surface area contributed by atoms with E-state index in [0.717, 1.165) is 23.8 Å². The second kappa shape index (κ2) is 10.0. The summed E-state index contributed by atoms with van der Waals surface area (Å²) in [7, 11) is 1.62. The van der Waals surface area contributed by atoms with Gasteiger partial charge in [-0.2, -0.15) is 0 Å². The van der Waals surface area contributed by atoms with Gasteiger partial charge in [-0.25, -0.2) is 9.98 Å². The summed E-state index contributed by atoms with van der Waals surface area (Å²) < 4.78 is 10.9. The molecule has 1 aliphatic carbocycles. The molecule has 2 aromatic rings. The van der Waals surface area contributed by atoms with Gasteiger partial charge in [0.1, 0.15) is 11.5 Å². The van der Waals surface area contributed by atoms with Crippen LogP contribution in [0, 0.1) is 5.92 Å². The van der Waals surface area contributed by atoms with E-state index in [0.29, 0.717) is 24.1 Å². The molecule has 0 radical (unpaired) electrons. The number of methoxy groups -OCH3 is 1. The first-order valence-electron chi connectivity index (χ1n) is 8.53. The number of rotatable bonds is 7. The molecule has 26 heavy (non-hydrogen) atoms. The Kier molecular flexibility index (Phi) is 7.72. The molecule has 7 heteroatoms. The Labute approximate surface area is 164 Å². The molecular weight excluding hydrogens is 396 g/mol. The number of aliphatic imine (C=N–C) groups is 1. The van der Waals surface area contributed by atoms with Gasteiger partial charge in [-0.05, 0) is 36.5 Å². The van der Waals surface area contributed by atoms with Crippen molar-refractivity contribution < 1.29 is 9.47 Å². The molecule has 0 spiro atoms. The Morgan fingerprint density at radius 2 is 2.08 bits per heavy atom. The monoisotopic (exact) mass is 420 g/mol. The molecule has 140 valence electrons. The van der Waals surface area contributed by atoms with Crippen LogP contribution in [0.4, 0.5) is 0 Å². The Morgan fingerprint density at radius 3 is 2.73 bits per heavy atom. The van der Waals surface area contributed by atoms with Crippen LogP contribution in [-0.4, -0.2) is 24.6 Å². The second-order valence-electron chi connectivity index (χ2n) is 6.17. The van der Waals surface area contributed by atoms with Crippen LogP contribution in [0.3, 0.4) is 0 Å². The van der Waals surface area contributed by atoms with Crippen LogP contribution in [0.25, 0.3) is 0 Å². The van der Waals surface area contributed by atoms with Gasteiger partial charge in [-0.15, -0.1) is 17.0 Å². The molecule has 0 saturated heterocycles. The first-order chi connectivity index (χ1) is 12.2. The molecule has 1 aromatic heterocycles. The summed E-state index contributed by atoms with van der Waals surface area (Å²) in [4.78, 5) is 8.66. The summed E-state index contributed by atoms with van der Waals surface area (Å²) in [6.07, 6.45) is 5.66. The van der Waals surface area contributed by atoms with Gasteiger partial charge in [0.25, 0.3) is 0 Å². The van der Waals surface area contributed by atoms with E-state index >= 15 is 0 Å². The Bertz CT molecular complexity index is 718. The summed E-state index contributed by atoms with van der Waals surface area (Å²) in [5, 5.41) is 3.18. The van der Waals surface area contributed by atoms with Gasteiger partial charge in [-0.1, -0.05) is 18.6 Å². The maximum Gasteiger partial charge on any atom is 0.219 e. The van der Waals surface area contributed by atoms with Gasteiger partial charge in [0, 0.05) is 24.9 Å². The SMILES string of the molecule is Br.COc1cccc(Oc2ccc(CN=C(N)NCC3CCC3)cn2)c1. The zero-order valence-corrected chi connectivity index (χ0v) is 16.6. The largest absolute Gasteiger partial charge is 0.497 e. The van der Waals surface area contributed by atoms with Crippen molar-refractivity contribution in [3.63, 3.8) is 0 Å². The number of guanidine groups is 1. The number of pyridine rings is 1. The minimum Gasteiger partial charge on any atom is -0.497 e. The standard InChI is InChI=1S/C19H24N4O2.BrH/c1-24-16-6-3-7-17(10-16)25-18-9-8-15(12-21-18)13-23-19(20)22-11-14-4-2-5-14;/h3,6-10,12,14H,2,4-5,11,13H2,1H3,(H3,20,22,23);1H. The number of nitrogens with zero attached hydrogens (tertiary/aromatic N) is 2. The fourth-order valence-corrected chi connectivity index (χ4v) is 2.53. The summed E-state index contributed by atoms with van der Waals surface area (Å²) in [5.74, 6) is 3.19. The molecule has 3 rings (SSSR count). The smallest absolute Gasteiger partial charge is 0.219 e. The first-order valence-corrected chi connectivity index (χ1v) is 8.53. The molecule has 1 saturated carbocycles. The van der Waals surface area contributed by atoms with E-state index in [4.69, 9.17) is 15.2 Å². The van der Waals surface area contributed by atoms with Crippen LogP contribution in [0.1, 0.15) is 24.8 Å². The summed E-state index contributed by atoms with van der Waals surface area (Å²) in [6.45, 7) is 1.41. The molecular formula is C19H25BrN4O2. The highest BCUT2D eigenvalue weighted by molar-refractivity contribution is 8.93. The Balaban J connectivity index is 0.00000243. The van der Waals surface area contributed by atoms with Crippen molar-refractivity contribution in [3.8, 4) is 17.4 Å². The van der Waals surface area contributed by atoms with Crippen molar-refractivity contribution >= 4 is 22.9 Å². The van der Waals surface area contributed by atoms with Crippen LogP contribution < -0.4 is 20.5 Å². The number of nitrogens with one attached hydrogen (secondary N) is 1. The van der Waals surface area contributed by atoms with E-state index in [1.54, 1.807) is 13.3 Å². The van der Waals surface area contributed by atoms with E-state index in [9.17, 15) is 0 Å². The molecule has 3 N–H and O–H groups in total. The lowest BCUT2D eigenvalue weighted by atomic mass is 9.85. The lowest BCUT2D eigenvalue weighted by Gasteiger charge is -2.25. The van der Waals surface area contributed by atoms with E-state index in [1.807, 2.05) is 36.4 Å². The highest BCUT2D eigenvalue weighted by Crippen LogP contribution is 2.25. The average Bonchev–Trinajstić information content (AvgIpc) is 2.60. The van der Waals surface area contributed by atoms with Crippen molar-refractivity contribution in [2.75, 3.05) is 13.7 Å². The van der Waals surface area contributed by atoms with Gasteiger partial charge in [0.2, 0.25) is 5.88 Å². The minimum atomic E-state index is 0. The van der Waals surface area contributed by atoms with Crippen LogP contribution in [-0.2, 0) is 6.54 Å². The van der Waals surface area contributed by atoms with E-state index in [1.165, 1.54) is 19.3 Å². The molecule has 0 atom stereocenters. The number of aromatic nitrogens is 1. The molecule has 1 aliphatic rings. The minimum absolute atomic E-state index is 0. The number of nitrogens with two attached hydrogens (primary N) is 1. The average molecular weight is 421 g/mol. The molecule has 1 fully saturated rings. The van der Waals surface area contributed by atoms with E-state index < -0.39 is 0 Å². The number of ether oxygens (including phenoxy) is 2. The van der Waals surface area contributed by atoms with Crippen molar-refractivity contribution in [2.24, 2.45) is 16.6 Å². The highest BCUT2D eigenvalue weighted by atomic mass is 79.9.